The van der Waals surface area contributed by atoms with Gasteiger partial charge in [-0.05, 0) is 36.4 Å². The Labute approximate surface area is 169 Å². The van der Waals surface area contributed by atoms with Crippen LogP contribution in [-0.2, 0) is 9.53 Å². The molecule has 2 aromatic rings. The van der Waals surface area contributed by atoms with E-state index in [-0.39, 0.29) is 16.3 Å². The topological polar surface area (TPSA) is 67.4 Å². The van der Waals surface area contributed by atoms with Crippen LogP contribution in [0.1, 0.15) is 10.4 Å². The maximum atomic E-state index is 12.4. The average molecular weight is 434 g/mol. The van der Waals surface area contributed by atoms with Gasteiger partial charge in [-0.15, -0.1) is 0 Å². The van der Waals surface area contributed by atoms with Gasteiger partial charge in [0.1, 0.15) is 5.70 Å². The Balaban J connectivity index is 2.24. The second-order valence-electron chi connectivity index (χ2n) is 4.90. The summed E-state index contributed by atoms with van der Waals surface area (Å²) in [4.78, 5) is 24.3. The molecule has 0 heterocycles. The molecular weight excluding hydrogens is 422 g/mol. The Morgan fingerprint density at radius 2 is 1.58 bits per heavy atom. The fourth-order valence-corrected chi connectivity index (χ4v) is 2.83. The van der Waals surface area contributed by atoms with Gasteiger partial charge in [-0.1, -0.05) is 46.4 Å². The van der Waals surface area contributed by atoms with Crippen LogP contribution in [0, 0.1) is 0 Å². The van der Waals surface area contributed by atoms with Gasteiger partial charge in [-0.3, -0.25) is 4.79 Å². The molecule has 0 fully saturated rings. The third-order valence-electron chi connectivity index (χ3n) is 3.13. The second kappa shape index (κ2) is 9.14. The van der Waals surface area contributed by atoms with E-state index in [2.05, 4.69) is 15.4 Å². The number of esters is 1. The van der Waals surface area contributed by atoms with Gasteiger partial charge in [0, 0.05) is 16.2 Å². The molecule has 0 aliphatic carbocycles. The molecule has 0 radical (unpaired) electrons. The van der Waals surface area contributed by atoms with Gasteiger partial charge in [-0.25, -0.2) is 4.79 Å². The van der Waals surface area contributed by atoms with Crippen molar-refractivity contribution in [1.82, 2.24) is 5.32 Å². The van der Waals surface area contributed by atoms with Crippen LogP contribution in [0.3, 0.4) is 0 Å². The third-order valence-corrected chi connectivity index (χ3v) is 4.23. The molecule has 26 heavy (non-hydrogen) atoms. The molecule has 0 saturated heterocycles. The largest absolute Gasteiger partial charge is 0.464 e. The maximum Gasteiger partial charge on any atom is 0.356 e. The minimum absolute atomic E-state index is 0.144. The van der Waals surface area contributed by atoms with Gasteiger partial charge in [0.05, 0.1) is 28.4 Å². The van der Waals surface area contributed by atoms with E-state index >= 15 is 0 Å². The van der Waals surface area contributed by atoms with Crippen molar-refractivity contribution >= 4 is 64.0 Å². The van der Waals surface area contributed by atoms with Crippen LogP contribution in [0.5, 0.6) is 0 Å². The third kappa shape index (κ3) is 5.29. The van der Waals surface area contributed by atoms with Crippen molar-refractivity contribution in [2.75, 3.05) is 12.4 Å². The summed E-state index contributed by atoms with van der Waals surface area (Å²) in [5.41, 5.74) is 0.487. The van der Waals surface area contributed by atoms with Crippen molar-refractivity contribution in [3.63, 3.8) is 0 Å². The van der Waals surface area contributed by atoms with Gasteiger partial charge in [-0.2, -0.15) is 0 Å². The summed E-state index contributed by atoms with van der Waals surface area (Å²) in [6.45, 7) is 0. The molecule has 0 bridgehead atoms. The Morgan fingerprint density at radius 3 is 2.15 bits per heavy atom. The predicted molar refractivity (Wildman–Crippen MR) is 104 cm³/mol. The standard InChI is InChI=1S/C17H12Cl4N2O3/c1-26-17(25)15(8-22-14-5-3-10(19)7-13(14)21)23-16(24)11-4-2-9(18)6-12(11)20/h2-8,22H,1H3,(H,23,24). The molecule has 0 saturated carbocycles. The summed E-state index contributed by atoms with van der Waals surface area (Å²) >= 11 is 23.7. The number of ether oxygens (including phenoxy) is 1. The summed E-state index contributed by atoms with van der Waals surface area (Å²) in [5.74, 6) is -1.37. The first kappa shape index (κ1) is 20.4. The van der Waals surface area contributed by atoms with E-state index in [1.165, 1.54) is 37.6 Å². The van der Waals surface area contributed by atoms with Gasteiger partial charge in [0.25, 0.3) is 5.91 Å². The van der Waals surface area contributed by atoms with Crippen molar-refractivity contribution in [3.05, 3.63) is 73.9 Å². The fourth-order valence-electron chi connectivity index (χ4n) is 1.88. The molecule has 136 valence electrons. The number of halogens is 4. The Kier molecular flexibility index (Phi) is 7.17. The smallest absolute Gasteiger partial charge is 0.356 e. The van der Waals surface area contributed by atoms with Crippen LogP contribution in [0.25, 0.3) is 0 Å². The Hall–Kier alpha value is -1.92. The summed E-state index contributed by atoms with van der Waals surface area (Å²) in [5, 5.41) is 6.58. The lowest BCUT2D eigenvalue weighted by atomic mass is 10.2. The quantitative estimate of drug-likeness (QED) is 0.505. The number of anilines is 1. The van der Waals surface area contributed by atoms with Gasteiger partial charge in [0.2, 0.25) is 0 Å². The molecule has 0 aliphatic rings. The molecular formula is C17H12Cl4N2O3. The first-order chi connectivity index (χ1) is 12.3. The van der Waals surface area contributed by atoms with E-state index in [1.54, 1.807) is 12.1 Å². The van der Waals surface area contributed by atoms with Gasteiger partial charge >= 0.3 is 5.97 Å². The van der Waals surface area contributed by atoms with Crippen LogP contribution in [0.4, 0.5) is 5.69 Å². The number of amides is 1. The van der Waals surface area contributed by atoms with Crippen LogP contribution in [0.15, 0.2) is 48.3 Å². The zero-order valence-corrected chi connectivity index (χ0v) is 16.3. The number of methoxy groups -OCH3 is 1. The highest BCUT2D eigenvalue weighted by Crippen LogP contribution is 2.25. The Morgan fingerprint density at radius 1 is 0.962 bits per heavy atom. The molecule has 0 unspecified atom stereocenters. The van der Waals surface area contributed by atoms with Crippen molar-refractivity contribution in [2.45, 2.75) is 0 Å². The number of hydrogen-bond donors (Lipinski definition) is 2. The maximum absolute atomic E-state index is 12.4. The summed E-state index contributed by atoms with van der Waals surface area (Å²) < 4.78 is 4.67. The summed E-state index contributed by atoms with van der Waals surface area (Å²) in [6.07, 6.45) is 1.25. The first-order valence-electron chi connectivity index (χ1n) is 7.08. The first-order valence-corrected chi connectivity index (χ1v) is 8.59. The van der Waals surface area contributed by atoms with E-state index in [0.29, 0.717) is 20.8 Å². The number of nitrogens with one attached hydrogen (secondary N) is 2. The molecule has 0 aromatic heterocycles. The molecule has 2 rings (SSSR count). The van der Waals surface area contributed by atoms with E-state index in [1.807, 2.05) is 0 Å². The number of benzene rings is 2. The molecule has 2 aromatic carbocycles. The van der Waals surface area contributed by atoms with Crippen LogP contribution >= 0.6 is 46.4 Å². The van der Waals surface area contributed by atoms with E-state index in [9.17, 15) is 9.59 Å². The molecule has 0 spiro atoms. The second-order valence-corrected chi connectivity index (χ2v) is 6.58. The monoisotopic (exact) mass is 432 g/mol. The fraction of sp³-hybridized carbons (Fsp3) is 0.0588. The zero-order valence-electron chi connectivity index (χ0n) is 13.3. The molecule has 2 N–H and O–H groups in total. The van der Waals surface area contributed by atoms with E-state index < -0.39 is 11.9 Å². The lowest BCUT2D eigenvalue weighted by Crippen LogP contribution is -2.29. The molecule has 9 heteroatoms. The average Bonchev–Trinajstić information content (AvgIpc) is 2.58. The van der Waals surface area contributed by atoms with Crippen molar-refractivity contribution in [1.29, 1.82) is 0 Å². The molecule has 1 amide bonds. The lowest BCUT2D eigenvalue weighted by Gasteiger charge is -2.11. The highest BCUT2D eigenvalue weighted by molar-refractivity contribution is 6.37. The van der Waals surface area contributed by atoms with Crippen LogP contribution in [-0.4, -0.2) is 19.0 Å². The lowest BCUT2D eigenvalue weighted by molar-refractivity contribution is -0.136. The van der Waals surface area contributed by atoms with Gasteiger partial charge < -0.3 is 15.4 Å². The summed E-state index contributed by atoms with van der Waals surface area (Å²) in [6, 6.07) is 9.14. The molecule has 0 atom stereocenters. The SMILES string of the molecule is COC(=O)C(=CNc1ccc(Cl)cc1Cl)NC(=O)c1ccc(Cl)cc1Cl. The van der Waals surface area contributed by atoms with Crippen molar-refractivity contribution < 1.29 is 14.3 Å². The minimum Gasteiger partial charge on any atom is -0.464 e. The van der Waals surface area contributed by atoms with E-state index in [4.69, 9.17) is 46.4 Å². The number of hydrogen-bond acceptors (Lipinski definition) is 4. The minimum atomic E-state index is -0.763. The molecule has 0 aliphatic heterocycles. The van der Waals surface area contributed by atoms with Gasteiger partial charge in [0.15, 0.2) is 0 Å². The van der Waals surface area contributed by atoms with Crippen LogP contribution in [0.2, 0.25) is 20.1 Å². The van der Waals surface area contributed by atoms with Crippen molar-refractivity contribution in [3.8, 4) is 0 Å². The highest BCUT2D eigenvalue weighted by atomic mass is 35.5. The number of rotatable bonds is 5. The predicted octanol–water partition coefficient (Wildman–Crippen LogP) is 5.16. The number of carbonyl (C=O) groups excluding carboxylic acids is 2. The zero-order chi connectivity index (χ0) is 19.3. The van der Waals surface area contributed by atoms with Crippen molar-refractivity contribution in [2.24, 2.45) is 0 Å². The Bertz CT molecular complexity index is 884. The normalized spacial score (nSPS) is 11.0. The highest BCUT2D eigenvalue weighted by Gasteiger charge is 2.17. The number of carbonyl (C=O) groups is 2. The molecule has 5 nitrogen and oxygen atoms in total. The summed E-state index contributed by atoms with van der Waals surface area (Å²) in [7, 11) is 1.19. The van der Waals surface area contributed by atoms with E-state index in [0.717, 1.165) is 0 Å². The van der Waals surface area contributed by atoms with Crippen LogP contribution < -0.4 is 10.6 Å².